The Morgan fingerprint density at radius 3 is 2.45 bits per heavy atom. The van der Waals surface area contributed by atoms with E-state index in [1.807, 2.05) is 42.5 Å². The summed E-state index contributed by atoms with van der Waals surface area (Å²) >= 11 is 0. The van der Waals surface area contributed by atoms with Crippen molar-refractivity contribution in [3.63, 3.8) is 0 Å². The molecule has 29 heavy (non-hydrogen) atoms. The molecule has 4 nitrogen and oxygen atoms in total. The average molecular weight is 381 g/mol. The van der Waals surface area contributed by atoms with Gasteiger partial charge in [0.15, 0.2) is 0 Å². The van der Waals surface area contributed by atoms with Gasteiger partial charge in [-0.3, -0.25) is 9.78 Å². The number of para-hydroxylation sites is 1. The second-order valence-electron chi connectivity index (χ2n) is 7.06. The predicted octanol–water partition coefficient (Wildman–Crippen LogP) is 5.18. The third kappa shape index (κ3) is 4.32. The van der Waals surface area contributed by atoms with Crippen LogP contribution in [0.5, 0.6) is 0 Å². The second kappa shape index (κ2) is 8.65. The number of benzene rings is 2. The van der Waals surface area contributed by atoms with E-state index in [1.54, 1.807) is 12.4 Å². The Balaban J connectivity index is 1.68. The summed E-state index contributed by atoms with van der Waals surface area (Å²) in [7, 11) is 0. The Hall–Kier alpha value is -3.53. The Kier molecular flexibility index (Phi) is 5.61. The van der Waals surface area contributed by atoms with E-state index in [1.165, 1.54) is 5.56 Å². The molecule has 0 saturated carbocycles. The van der Waals surface area contributed by atoms with Crippen LogP contribution in [0, 0.1) is 0 Å². The lowest BCUT2D eigenvalue weighted by atomic mass is 10.0. The minimum absolute atomic E-state index is 0.107. The number of hydrogen-bond donors (Lipinski definition) is 1. The summed E-state index contributed by atoms with van der Waals surface area (Å²) in [5, 5.41) is 3.87. The highest BCUT2D eigenvalue weighted by Gasteiger charge is 2.14. The molecule has 2 heterocycles. The molecule has 0 aliphatic carbocycles. The van der Waals surface area contributed by atoms with Crippen molar-refractivity contribution >= 4 is 16.8 Å². The van der Waals surface area contributed by atoms with Crippen molar-refractivity contribution in [1.82, 2.24) is 15.3 Å². The summed E-state index contributed by atoms with van der Waals surface area (Å²) in [5.74, 6) is -0.107. The average Bonchev–Trinajstić information content (AvgIpc) is 2.78. The fourth-order valence-corrected chi connectivity index (χ4v) is 3.42. The number of hydrogen-bond acceptors (Lipinski definition) is 3. The molecule has 1 N–H and O–H groups in total. The number of carbonyl (C=O) groups excluding carboxylic acids is 1. The normalized spacial score (nSPS) is 10.8. The molecule has 4 rings (SSSR count). The number of aromatic nitrogens is 2. The van der Waals surface area contributed by atoms with E-state index in [0.717, 1.165) is 40.6 Å². The third-order valence-electron chi connectivity index (χ3n) is 4.95. The lowest BCUT2D eigenvalue weighted by molar-refractivity contribution is 0.0952. The molecule has 0 fully saturated rings. The number of nitrogens with zero attached hydrogens (tertiary/aromatic N) is 2. The van der Waals surface area contributed by atoms with Crippen LogP contribution in [-0.4, -0.2) is 15.9 Å². The smallest absolute Gasteiger partial charge is 0.252 e. The van der Waals surface area contributed by atoms with Gasteiger partial charge in [-0.25, -0.2) is 4.98 Å². The molecule has 0 aliphatic heterocycles. The molecular weight excluding hydrogens is 358 g/mol. The highest BCUT2D eigenvalue weighted by molar-refractivity contribution is 6.07. The summed E-state index contributed by atoms with van der Waals surface area (Å²) in [5.41, 5.74) is 5.60. The number of rotatable bonds is 6. The van der Waals surface area contributed by atoms with Crippen molar-refractivity contribution in [1.29, 1.82) is 0 Å². The zero-order chi connectivity index (χ0) is 20.1. The fourth-order valence-electron chi connectivity index (χ4n) is 3.42. The largest absolute Gasteiger partial charge is 0.348 e. The van der Waals surface area contributed by atoms with Gasteiger partial charge in [-0.15, -0.1) is 0 Å². The molecule has 0 saturated heterocycles. The molecule has 144 valence electrons. The molecule has 0 atom stereocenters. The fraction of sp³-hybridized carbons (Fsp3) is 0.160. The SMILES string of the molecule is CCCc1ccc(-c2cc(C(=O)NCc3ccncc3)c3ccccc3n2)cc1. The standard InChI is InChI=1S/C25H23N3O/c1-2-5-18-8-10-20(11-9-18)24-16-22(21-6-3-4-7-23(21)28-24)25(29)27-17-19-12-14-26-15-13-19/h3-4,6-16H,2,5,17H2,1H3,(H,27,29). The van der Waals surface area contributed by atoms with Gasteiger partial charge >= 0.3 is 0 Å². The van der Waals surface area contributed by atoms with E-state index in [2.05, 4.69) is 41.5 Å². The van der Waals surface area contributed by atoms with Gasteiger partial charge < -0.3 is 5.32 Å². The zero-order valence-corrected chi connectivity index (χ0v) is 16.4. The maximum absolute atomic E-state index is 13.0. The summed E-state index contributed by atoms with van der Waals surface area (Å²) < 4.78 is 0. The first-order chi connectivity index (χ1) is 14.2. The molecule has 0 spiro atoms. The minimum atomic E-state index is -0.107. The van der Waals surface area contributed by atoms with Gasteiger partial charge in [-0.05, 0) is 41.8 Å². The van der Waals surface area contributed by atoms with Crippen LogP contribution < -0.4 is 5.32 Å². The Bertz CT molecular complexity index is 1120. The van der Waals surface area contributed by atoms with Crippen LogP contribution in [0.4, 0.5) is 0 Å². The maximum atomic E-state index is 13.0. The van der Waals surface area contributed by atoms with Crippen LogP contribution in [0.2, 0.25) is 0 Å². The summed E-state index contributed by atoms with van der Waals surface area (Å²) in [6.45, 7) is 2.63. The molecule has 0 aliphatic rings. The summed E-state index contributed by atoms with van der Waals surface area (Å²) in [4.78, 5) is 21.8. The van der Waals surface area contributed by atoms with Gasteiger partial charge in [0.25, 0.3) is 5.91 Å². The van der Waals surface area contributed by atoms with Gasteiger partial charge in [0.2, 0.25) is 0 Å². The lowest BCUT2D eigenvalue weighted by Gasteiger charge is -2.11. The van der Waals surface area contributed by atoms with Gasteiger partial charge in [0.1, 0.15) is 0 Å². The molecular formula is C25H23N3O. The first-order valence-corrected chi connectivity index (χ1v) is 9.91. The minimum Gasteiger partial charge on any atom is -0.348 e. The van der Waals surface area contributed by atoms with E-state index < -0.39 is 0 Å². The highest BCUT2D eigenvalue weighted by atomic mass is 16.1. The van der Waals surface area contributed by atoms with E-state index in [9.17, 15) is 4.79 Å². The Labute approximate surface area is 170 Å². The summed E-state index contributed by atoms with van der Waals surface area (Å²) in [6.07, 6.45) is 5.64. The third-order valence-corrected chi connectivity index (χ3v) is 4.95. The molecule has 4 heteroatoms. The van der Waals surface area contributed by atoms with Crippen LogP contribution in [0.15, 0.2) is 79.1 Å². The predicted molar refractivity (Wildman–Crippen MR) is 117 cm³/mol. The molecule has 0 unspecified atom stereocenters. The van der Waals surface area contributed by atoms with Gasteiger partial charge in [0, 0.05) is 29.9 Å². The number of fused-ring (bicyclic) bond motifs is 1. The van der Waals surface area contributed by atoms with Crippen molar-refractivity contribution in [2.75, 3.05) is 0 Å². The van der Waals surface area contributed by atoms with Gasteiger partial charge in [-0.2, -0.15) is 0 Å². The topological polar surface area (TPSA) is 54.9 Å². The molecule has 0 bridgehead atoms. The monoisotopic (exact) mass is 381 g/mol. The second-order valence-corrected chi connectivity index (χ2v) is 7.06. The van der Waals surface area contributed by atoms with Crippen molar-refractivity contribution in [3.05, 3.63) is 95.8 Å². The van der Waals surface area contributed by atoms with Gasteiger partial charge in [0.05, 0.1) is 16.8 Å². The van der Waals surface area contributed by atoms with E-state index in [-0.39, 0.29) is 5.91 Å². The quantitative estimate of drug-likeness (QED) is 0.501. The summed E-state index contributed by atoms with van der Waals surface area (Å²) in [6, 6.07) is 21.9. The Morgan fingerprint density at radius 1 is 0.931 bits per heavy atom. The molecule has 4 aromatic rings. The molecule has 2 aromatic heterocycles. The van der Waals surface area contributed by atoms with Crippen molar-refractivity contribution in [2.24, 2.45) is 0 Å². The van der Waals surface area contributed by atoms with Crippen molar-refractivity contribution in [3.8, 4) is 11.3 Å². The zero-order valence-electron chi connectivity index (χ0n) is 16.4. The van der Waals surface area contributed by atoms with Crippen molar-refractivity contribution < 1.29 is 4.79 Å². The number of carbonyl (C=O) groups is 1. The number of amides is 1. The number of pyridine rings is 2. The molecule has 1 amide bonds. The first-order valence-electron chi connectivity index (χ1n) is 9.91. The van der Waals surface area contributed by atoms with E-state index in [0.29, 0.717) is 12.1 Å². The molecule has 0 radical (unpaired) electrons. The van der Waals surface area contributed by atoms with Gasteiger partial charge in [-0.1, -0.05) is 55.8 Å². The van der Waals surface area contributed by atoms with E-state index >= 15 is 0 Å². The van der Waals surface area contributed by atoms with Crippen LogP contribution in [0.1, 0.15) is 34.8 Å². The van der Waals surface area contributed by atoms with Crippen LogP contribution in [0.25, 0.3) is 22.2 Å². The van der Waals surface area contributed by atoms with Crippen molar-refractivity contribution in [2.45, 2.75) is 26.3 Å². The molecule has 2 aromatic carbocycles. The number of nitrogens with one attached hydrogen (secondary N) is 1. The van der Waals surface area contributed by atoms with Crippen LogP contribution >= 0.6 is 0 Å². The Morgan fingerprint density at radius 2 is 1.69 bits per heavy atom. The maximum Gasteiger partial charge on any atom is 0.252 e. The van der Waals surface area contributed by atoms with Crippen LogP contribution in [-0.2, 0) is 13.0 Å². The number of aryl methyl sites for hydroxylation is 1. The highest BCUT2D eigenvalue weighted by Crippen LogP contribution is 2.25. The van der Waals surface area contributed by atoms with E-state index in [4.69, 9.17) is 4.98 Å². The van der Waals surface area contributed by atoms with Crippen LogP contribution in [0.3, 0.4) is 0 Å². The lowest BCUT2D eigenvalue weighted by Crippen LogP contribution is -2.23. The first kappa shape index (κ1) is 18.8.